The largest absolute Gasteiger partial charge is 0.494 e. The van der Waals surface area contributed by atoms with Crippen LogP contribution >= 0.6 is 0 Å². The molecule has 30 heavy (non-hydrogen) atoms. The average molecular weight is 414 g/mol. The molecule has 0 aromatic heterocycles. The number of guanidine groups is 1. The highest BCUT2D eigenvalue weighted by Gasteiger charge is 2.58. The summed E-state index contributed by atoms with van der Waals surface area (Å²) in [6.07, 6.45) is 5.88. The molecule has 4 unspecified atom stereocenters. The van der Waals surface area contributed by atoms with Crippen LogP contribution in [0.1, 0.15) is 12.8 Å². The summed E-state index contributed by atoms with van der Waals surface area (Å²) in [6.45, 7) is 1.93. The molecule has 0 spiro atoms. The Kier molecular flexibility index (Phi) is 6.01. The Hall–Kier alpha value is -2.90. The van der Waals surface area contributed by atoms with E-state index in [9.17, 15) is 14.0 Å². The average Bonchev–Trinajstić information content (AvgIpc) is 3.43. The summed E-state index contributed by atoms with van der Waals surface area (Å²) < 4.78 is 18.4. The van der Waals surface area contributed by atoms with Crippen molar-refractivity contribution in [1.29, 1.82) is 0 Å². The van der Waals surface area contributed by atoms with Gasteiger partial charge < -0.3 is 15.4 Å². The first-order valence-corrected chi connectivity index (χ1v) is 10.4. The van der Waals surface area contributed by atoms with Gasteiger partial charge in [0.15, 0.2) is 5.96 Å². The Morgan fingerprint density at radius 3 is 2.37 bits per heavy atom. The summed E-state index contributed by atoms with van der Waals surface area (Å²) >= 11 is 0. The number of nitrogens with one attached hydrogen (secondary N) is 2. The van der Waals surface area contributed by atoms with E-state index in [1.54, 1.807) is 19.2 Å². The molecule has 1 saturated heterocycles. The topological polar surface area (TPSA) is 83.0 Å². The third kappa shape index (κ3) is 4.04. The van der Waals surface area contributed by atoms with Gasteiger partial charge in [0.2, 0.25) is 11.8 Å². The number of halogens is 1. The van der Waals surface area contributed by atoms with Crippen molar-refractivity contribution in [3.63, 3.8) is 0 Å². The van der Waals surface area contributed by atoms with Crippen molar-refractivity contribution in [2.24, 2.45) is 28.7 Å². The van der Waals surface area contributed by atoms with Crippen LogP contribution in [0.5, 0.6) is 5.75 Å². The summed E-state index contributed by atoms with van der Waals surface area (Å²) in [5.41, 5.74) is 0. The lowest BCUT2D eigenvalue weighted by atomic mass is 9.85. The van der Waals surface area contributed by atoms with Crippen molar-refractivity contribution in [1.82, 2.24) is 15.5 Å². The second-order valence-electron chi connectivity index (χ2n) is 7.91. The molecule has 1 aromatic rings. The van der Waals surface area contributed by atoms with E-state index in [2.05, 4.69) is 27.8 Å². The second kappa shape index (κ2) is 8.85. The summed E-state index contributed by atoms with van der Waals surface area (Å²) in [7, 11) is 1.67. The molecule has 4 rings (SSSR count). The molecule has 2 N–H and O–H groups in total. The highest BCUT2D eigenvalue weighted by molar-refractivity contribution is 6.06. The third-order valence-electron chi connectivity index (χ3n) is 6.11. The van der Waals surface area contributed by atoms with Crippen LogP contribution in [-0.2, 0) is 9.59 Å². The van der Waals surface area contributed by atoms with Crippen LogP contribution in [0.4, 0.5) is 4.39 Å². The fourth-order valence-electron chi connectivity index (χ4n) is 4.69. The number of amides is 2. The number of benzene rings is 1. The van der Waals surface area contributed by atoms with Crippen molar-refractivity contribution < 1.29 is 18.7 Å². The van der Waals surface area contributed by atoms with Crippen LogP contribution in [0.3, 0.4) is 0 Å². The maximum Gasteiger partial charge on any atom is 0.233 e. The van der Waals surface area contributed by atoms with Crippen LogP contribution in [-0.4, -0.2) is 56.0 Å². The molecule has 160 valence electrons. The fourth-order valence-corrected chi connectivity index (χ4v) is 4.69. The quantitative estimate of drug-likeness (QED) is 0.222. The lowest BCUT2D eigenvalue weighted by molar-refractivity contribution is -0.140. The first kappa shape index (κ1) is 20.4. The number of hydrogen-bond donors (Lipinski definition) is 2. The van der Waals surface area contributed by atoms with Gasteiger partial charge in [-0.05, 0) is 48.9 Å². The third-order valence-corrected chi connectivity index (χ3v) is 6.11. The minimum absolute atomic E-state index is 0.0236. The number of imide groups is 1. The molecule has 2 amide bonds. The molecule has 3 aliphatic rings. The minimum Gasteiger partial charge on any atom is -0.494 e. The molecule has 1 saturated carbocycles. The monoisotopic (exact) mass is 414 g/mol. The van der Waals surface area contributed by atoms with Crippen LogP contribution in [0.15, 0.2) is 41.4 Å². The molecule has 2 fully saturated rings. The Balaban J connectivity index is 1.14. The van der Waals surface area contributed by atoms with Crippen LogP contribution < -0.4 is 15.4 Å². The van der Waals surface area contributed by atoms with Gasteiger partial charge in [0.25, 0.3) is 0 Å². The van der Waals surface area contributed by atoms with Crippen LogP contribution in [0.2, 0.25) is 0 Å². The molecule has 0 radical (unpaired) electrons. The summed E-state index contributed by atoms with van der Waals surface area (Å²) in [4.78, 5) is 30.9. The lowest BCUT2D eigenvalue weighted by Crippen LogP contribution is -2.44. The molecule has 1 aromatic carbocycles. The van der Waals surface area contributed by atoms with Crippen molar-refractivity contribution >= 4 is 17.8 Å². The Labute approximate surface area is 175 Å². The van der Waals surface area contributed by atoms with E-state index in [0.717, 1.165) is 12.8 Å². The van der Waals surface area contributed by atoms with Gasteiger partial charge in [-0.15, -0.1) is 0 Å². The van der Waals surface area contributed by atoms with Gasteiger partial charge in [-0.3, -0.25) is 19.5 Å². The Morgan fingerprint density at radius 2 is 1.73 bits per heavy atom. The first-order valence-electron chi connectivity index (χ1n) is 10.4. The van der Waals surface area contributed by atoms with Gasteiger partial charge in [-0.2, -0.15) is 0 Å². The maximum atomic E-state index is 12.9. The number of hydrogen-bond acceptors (Lipinski definition) is 4. The first-order chi connectivity index (χ1) is 14.6. The zero-order valence-electron chi connectivity index (χ0n) is 17.0. The second-order valence-corrected chi connectivity index (χ2v) is 7.91. The summed E-state index contributed by atoms with van der Waals surface area (Å²) in [5, 5.41) is 6.33. The van der Waals surface area contributed by atoms with Gasteiger partial charge in [-0.25, -0.2) is 4.39 Å². The summed E-state index contributed by atoms with van der Waals surface area (Å²) in [6, 6.07) is 5.92. The number of carbonyl (C=O) groups excluding carboxylic acids is 2. The zero-order valence-corrected chi connectivity index (χ0v) is 17.0. The molecule has 8 heteroatoms. The van der Waals surface area contributed by atoms with Gasteiger partial charge in [0, 0.05) is 26.7 Å². The van der Waals surface area contributed by atoms with Crippen LogP contribution in [0.25, 0.3) is 0 Å². The Bertz CT molecular complexity index is 824. The van der Waals surface area contributed by atoms with Gasteiger partial charge in [0.05, 0.1) is 18.4 Å². The van der Waals surface area contributed by atoms with Gasteiger partial charge in [0.1, 0.15) is 11.6 Å². The van der Waals surface area contributed by atoms with E-state index < -0.39 is 0 Å². The molecule has 2 bridgehead atoms. The molecular formula is C22H27FN4O3. The number of nitrogens with zero attached hydrogens (tertiary/aromatic N) is 2. The Morgan fingerprint density at radius 1 is 1.10 bits per heavy atom. The molecule has 1 heterocycles. The summed E-state index contributed by atoms with van der Waals surface area (Å²) in [5.74, 6) is 1.08. The van der Waals surface area contributed by atoms with Crippen molar-refractivity contribution in [3.05, 3.63) is 42.2 Å². The predicted molar refractivity (Wildman–Crippen MR) is 110 cm³/mol. The number of likely N-dealkylation sites (tertiary alicyclic amines) is 1. The van der Waals surface area contributed by atoms with Crippen molar-refractivity contribution in [3.8, 4) is 5.75 Å². The maximum absolute atomic E-state index is 12.9. The standard InChI is InChI=1S/C22H27FN4O3/c1-24-22(25-9-2-12-30-17-7-5-16(23)6-8-17)26-10-11-27-20(28)18-14-3-4-15(13-14)19(18)21(27)29/h3-8,14-15,18-19H,2,9-13H2,1H3,(H2,24,25,26). The smallest absolute Gasteiger partial charge is 0.233 e. The molecular weight excluding hydrogens is 387 g/mol. The van der Waals surface area contributed by atoms with E-state index in [4.69, 9.17) is 4.74 Å². The van der Waals surface area contributed by atoms with Gasteiger partial charge >= 0.3 is 0 Å². The molecule has 2 aliphatic carbocycles. The zero-order chi connectivity index (χ0) is 21.1. The van der Waals surface area contributed by atoms with E-state index in [1.165, 1.54) is 17.0 Å². The number of aliphatic imine (C=N–C) groups is 1. The SMILES string of the molecule is CN=C(NCCCOc1ccc(F)cc1)NCCN1C(=O)C2C3C=CC(C3)C2C1=O. The number of fused-ring (bicyclic) bond motifs is 5. The highest BCUT2D eigenvalue weighted by Crippen LogP contribution is 2.52. The van der Waals surface area contributed by atoms with Gasteiger partial charge in [-0.1, -0.05) is 12.2 Å². The normalized spacial score (nSPS) is 27.0. The molecule has 1 aliphatic heterocycles. The van der Waals surface area contributed by atoms with Crippen molar-refractivity contribution in [2.75, 3.05) is 33.3 Å². The minimum atomic E-state index is -0.288. The lowest BCUT2D eigenvalue weighted by Gasteiger charge is -2.18. The highest BCUT2D eigenvalue weighted by atomic mass is 19.1. The van der Waals surface area contributed by atoms with Crippen LogP contribution in [0, 0.1) is 29.5 Å². The number of allylic oxidation sites excluding steroid dienone is 2. The predicted octanol–water partition coefficient (Wildman–Crippen LogP) is 1.57. The van der Waals surface area contributed by atoms with E-state index in [0.29, 0.717) is 38.0 Å². The molecule has 7 nitrogen and oxygen atoms in total. The van der Waals surface area contributed by atoms with Crippen molar-refractivity contribution in [2.45, 2.75) is 12.8 Å². The molecule has 4 atom stereocenters. The number of carbonyl (C=O) groups is 2. The number of ether oxygens (including phenoxy) is 1. The van der Waals surface area contributed by atoms with E-state index in [-0.39, 0.29) is 41.3 Å². The van der Waals surface area contributed by atoms with E-state index in [1.807, 2.05) is 0 Å². The van der Waals surface area contributed by atoms with E-state index >= 15 is 0 Å². The number of rotatable bonds is 8. The fraction of sp³-hybridized carbons (Fsp3) is 0.500.